The van der Waals surface area contributed by atoms with Gasteiger partial charge in [-0.2, -0.15) is 0 Å². The molecule has 0 radical (unpaired) electrons. The first kappa shape index (κ1) is 21.5. The van der Waals surface area contributed by atoms with Crippen molar-refractivity contribution in [3.05, 3.63) is 54.1 Å². The van der Waals surface area contributed by atoms with E-state index in [4.69, 9.17) is 0 Å². The quantitative estimate of drug-likeness (QED) is 0.752. The Bertz CT molecular complexity index is 659. The average molecular weight is 369 g/mol. The maximum atomic E-state index is 9.39. The summed E-state index contributed by atoms with van der Waals surface area (Å²) in [7, 11) is 0. The van der Waals surface area contributed by atoms with E-state index >= 15 is 0 Å². The Morgan fingerprint density at radius 1 is 1.04 bits per heavy atom. The second-order valence-electron chi connectivity index (χ2n) is 7.03. The van der Waals surface area contributed by atoms with E-state index in [1.165, 1.54) is 22.4 Å². The van der Waals surface area contributed by atoms with Crippen molar-refractivity contribution in [1.29, 1.82) is 0 Å². The minimum atomic E-state index is 0.231. The fourth-order valence-electron chi connectivity index (χ4n) is 3.82. The van der Waals surface area contributed by atoms with Gasteiger partial charge < -0.3 is 15.3 Å². The Kier molecular flexibility index (Phi) is 8.83. The van der Waals surface area contributed by atoms with Gasteiger partial charge >= 0.3 is 0 Å². The van der Waals surface area contributed by atoms with E-state index in [-0.39, 0.29) is 12.6 Å². The monoisotopic (exact) mass is 368 g/mol. The molecule has 3 heteroatoms. The van der Waals surface area contributed by atoms with Crippen LogP contribution in [0.15, 0.2) is 48.5 Å². The maximum Gasteiger partial charge on any atom is 0.0584 e. The summed E-state index contributed by atoms with van der Waals surface area (Å²) in [5.41, 5.74) is 5.33. The first-order chi connectivity index (χ1) is 13.2. The first-order valence-corrected chi connectivity index (χ1v) is 10.5. The number of nitrogens with one attached hydrogen (secondary N) is 1. The van der Waals surface area contributed by atoms with Crippen molar-refractivity contribution in [1.82, 2.24) is 5.32 Å². The molecule has 148 valence electrons. The number of nitrogens with zero attached hydrogens (tertiary/aromatic N) is 1. The van der Waals surface area contributed by atoms with Crippen molar-refractivity contribution < 1.29 is 5.11 Å². The summed E-state index contributed by atoms with van der Waals surface area (Å²) in [6, 6.07) is 18.0. The number of piperidine rings is 1. The highest BCUT2D eigenvalue weighted by Crippen LogP contribution is 2.32. The van der Waals surface area contributed by atoms with Gasteiger partial charge in [-0.15, -0.1) is 0 Å². The zero-order valence-electron chi connectivity index (χ0n) is 17.4. The molecule has 0 saturated carbocycles. The molecule has 1 aliphatic rings. The molecule has 1 atom stereocenters. The van der Waals surface area contributed by atoms with Crippen LogP contribution in [0.5, 0.6) is 0 Å². The van der Waals surface area contributed by atoms with Crippen LogP contribution in [0.25, 0.3) is 11.1 Å². The van der Waals surface area contributed by atoms with E-state index in [0.29, 0.717) is 6.04 Å². The molecule has 0 aliphatic carbocycles. The van der Waals surface area contributed by atoms with Crippen LogP contribution in [0.3, 0.4) is 0 Å². The molecule has 0 amide bonds. The lowest BCUT2D eigenvalue weighted by molar-refractivity contribution is 0.220. The molecule has 1 fully saturated rings. The van der Waals surface area contributed by atoms with Crippen LogP contribution in [0.1, 0.15) is 45.6 Å². The summed E-state index contributed by atoms with van der Waals surface area (Å²) in [6.45, 7) is 10.7. The third kappa shape index (κ3) is 5.57. The molecule has 0 bridgehead atoms. The van der Waals surface area contributed by atoms with Crippen LogP contribution in [-0.2, 0) is 0 Å². The van der Waals surface area contributed by atoms with Crippen LogP contribution in [0.2, 0.25) is 0 Å². The molecule has 27 heavy (non-hydrogen) atoms. The molecule has 3 rings (SSSR count). The van der Waals surface area contributed by atoms with Gasteiger partial charge in [0.1, 0.15) is 0 Å². The second kappa shape index (κ2) is 11.1. The van der Waals surface area contributed by atoms with E-state index < -0.39 is 0 Å². The molecule has 1 saturated heterocycles. The van der Waals surface area contributed by atoms with Crippen LogP contribution < -0.4 is 10.2 Å². The van der Waals surface area contributed by atoms with Gasteiger partial charge in [0.05, 0.1) is 6.61 Å². The van der Waals surface area contributed by atoms with Gasteiger partial charge in [0, 0.05) is 30.9 Å². The SMILES string of the molecule is CC.CCC(CO)NC1CCN(c2cccc(-c3ccccc3)c2C)CC1. The highest BCUT2D eigenvalue weighted by atomic mass is 16.3. The van der Waals surface area contributed by atoms with Gasteiger partial charge in [0.25, 0.3) is 0 Å². The minimum Gasteiger partial charge on any atom is -0.395 e. The Balaban J connectivity index is 0.00000126. The zero-order chi connectivity index (χ0) is 19.6. The van der Waals surface area contributed by atoms with Crippen molar-refractivity contribution >= 4 is 5.69 Å². The van der Waals surface area contributed by atoms with Crippen LogP contribution in [-0.4, -0.2) is 36.9 Å². The van der Waals surface area contributed by atoms with E-state index in [2.05, 4.69) is 72.6 Å². The maximum absolute atomic E-state index is 9.39. The normalized spacial score (nSPS) is 15.8. The second-order valence-corrected chi connectivity index (χ2v) is 7.03. The van der Waals surface area contributed by atoms with Gasteiger partial charge in [-0.3, -0.25) is 0 Å². The Morgan fingerprint density at radius 3 is 2.30 bits per heavy atom. The third-order valence-corrected chi connectivity index (χ3v) is 5.41. The van der Waals surface area contributed by atoms with Crippen LogP contribution in [0, 0.1) is 6.92 Å². The van der Waals surface area contributed by atoms with Crippen molar-refractivity contribution in [3.63, 3.8) is 0 Å². The highest BCUT2D eigenvalue weighted by molar-refractivity contribution is 5.74. The summed E-state index contributed by atoms with van der Waals surface area (Å²) in [6.07, 6.45) is 3.24. The fraction of sp³-hybridized carbons (Fsp3) is 0.500. The average Bonchev–Trinajstić information content (AvgIpc) is 2.75. The molecule has 1 heterocycles. The predicted molar refractivity (Wildman–Crippen MR) is 117 cm³/mol. The Morgan fingerprint density at radius 2 is 1.70 bits per heavy atom. The number of anilines is 1. The topological polar surface area (TPSA) is 35.5 Å². The molecular weight excluding hydrogens is 332 g/mol. The lowest BCUT2D eigenvalue weighted by Crippen LogP contribution is -2.47. The van der Waals surface area contributed by atoms with E-state index in [9.17, 15) is 5.11 Å². The molecule has 2 aromatic rings. The lowest BCUT2D eigenvalue weighted by Gasteiger charge is -2.36. The van der Waals surface area contributed by atoms with Crippen LogP contribution in [0.4, 0.5) is 5.69 Å². The predicted octanol–water partition coefficient (Wildman–Crippen LogP) is 5.02. The molecule has 1 aliphatic heterocycles. The number of rotatable bonds is 6. The van der Waals surface area contributed by atoms with Crippen molar-refractivity contribution in [2.45, 2.75) is 59.0 Å². The molecule has 1 unspecified atom stereocenters. The van der Waals surface area contributed by atoms with Crippen molar-refractivity contribution in [2.24, 2.45) is 0 Å². The highest BCUT2D eigenvalue weighted by Gasteiger charge is 2.22. The van der Waals surface area contributed by atoms with Gasteiger partial charge in [0.15, 0.2) is 0 Å². The van der Waals surface area contributed by atoms with E-state index in [1.807, 2.05) is 13.8 Å². The van der Waals surface area contributed by atoms with Gasteiger partial charge in [-0.25, -0.2) is 0 Å². The Hall–Kier alpha value is -1.84. The largest absolute Gasteiger partial charge is 0.395 e. The zero-order valence-corrected chi connectivity index (χ0v) is 17.4. The van der Waals surface area contributed by atoms with Gasteiger partial charge in [-0.05, 0) is 48.9 Å². The lowest BCUT2D eigenvalue weighted by atomic mass is 9.97. The molecule has 2 N–H and O–H groups in total. The Labute approximate surface area is 165 Å². The number of hydrogen-bond acceptors (Lipinski definition) is 3. The summed E-state index contributed by atoms with van der Waals surface area (Å²) in [5.74, 6) is 0. The van der Waals surface area contributed by atoms with Gasteiger partial charge in [-0.1, -0.05) is 63.2 Å². The molecular formula is C24H36N2O. The summed E-state index contributed by atoms with van der Waals surface area (Å²) < 4.78 is 0. The van der Waals surface area contributed by atoms with Crippen molar-refractivity contribution in [3.8, 4) is 11.1 Å². The molecule has 3 nitrogen and oxygen atoms in total. The summed E-state index contributed by atoms with van der Waals surface area (Å²) in [5, 5.41) is 13.0. The minimum absolute atomic E-state index is 0.231. The van der Waals surface area contributed by atoms with Crippen LogP contribution >= 0.6 is 0 Å². The summed E-state index contributed by atoms with van der Waals surface area (Å²) in [4.78, 5) is 2.51. The number of hydrogen-bond donors (Lipinski definition) is 2. The number of aliphatic hydroxyl groups is 1. The number of benzene rings is 2. The standard InChI is InChI=1S/C22H30N2O.C2H6/c1-3-19(16-25)23-20-12-14-24(15-13-20)22-11-7-10-21(17(22)2)18-8-5-4-6-9-18;1-2/h4-11,19-20,23,25H,3,12-16H2,1-2H3;1-2H3. The molecule has 2 aromatic carbocycles. The van der Waals surface area contributed by atoms with E-state index in [1.54, 1.807) is 0 Å². The van der Waals surface area contributed by atoms with Gasteiger partial charge in [0.2, 0.25) is 0 Å². The third-order valence-electron chi connectivity index (χ3n) is 5.41. The smallest absolute Gasteiger partial charge is 0.0584 e. The first-order valence-electron chi connectivity index (χ1n) is 10.5. The number of aliphatic hydroxyl groups excluding tert-OH is 1. The molecule has 0 spiro atoms. The summed E-state index contributed by atoms with van der Waals surface area (Å²) >= 11 is 0. The molecule has 0 aromatic heterocycles. The fourth-order valence-corrected chi connectivity index (χ4v) is 3.82. The van der Waals surface area contributed by atoms with Crippen molar-refractivity contribution in [2.75, 3.05) is 24.6 Å². The van der Waals surface area contributed by atoms with E-state index in [0.717, 1.165) is 32.4 Å².